The van der Waals surface area contributed by atoms with Crippen molar-refractivity contribution in [1.29, 1.82) is 0 Å². The van der Waals surface area contributed by atoms with E-state index in [1.807, 2.05) is 14.1 Å². The second-order valence-corrected chi connectivity index (χ2v) is 3.83. The van der Waals surface area contributed by atoms with Gasteiger partial charge in [-0.2, -0.15) is 5.43 Å². The van der Waals surface area contributed by atoms with E-state index in [9.17, 15) is 5.11 Å². The van der Waals surface area contributed by atoms with Gasteiger partial charge in [0.15, 0.2) is 0 Å². The van der Waals surface area contributed by atoms with Crippen molar-refractivity contribution in [2.45, 2.75) is 19.4 Å². The Bertz CT molecular complexity index is 109. The standard InChI is InChI=1S/C8H20N3O/c1-8(2,12)7-10-9-5-6-11(3)4/h10,12H,5-7H2,1-4H3. The molecule has 0 amide bonds. The third kappa shape index (κ3) is 9.84. The Balaban J connectivity index is 3.12. The quantitative estimate of drug-likeness (QED) is 0.419. The molecule has 0 spiro atoms. The Morgan fingerprint density at radius 1 is 1.42 bits per heavy atom. The number of hydrogen-bond donors (Lipinski definition) is 2. The summed E-state index contributed by atoms with van der Waals surface area (Å²) in [6, 6.07) is 0. The number of rotatable bonds is 6. The molecule has 0 fully saturated rings. The molecular formula is C8H20N3O. The predicted octanol–water partition coefficient (Wildman–Crippen LogP) is -0.572. The summed E-state index contributed by atoms with van der Waals surface area (Å²) in [5.41, 5.74) is 6.20. The third-order valence-electron chi connectivity index (χ3n) is 1.28. The van der Waals surface area contributed by atoms with Crippen LogP contribution in [0, 0.1) is 0 Å². The first-order valence-electron chi connectivity index (χ1n) is 4.18. The summed E-state index contributed by atoms with van der Waals surface area (Å²) in [6.45, 7) is 5.69. The normalized spacial score (nSPS) is 12.5. The smallest absolute Gasteiger partial charge is 0.0730 e. The number of nitrogens with zero attached hydrogens (tertiary/aromatic N) is 2. The van der Waals surface area contributed by atoms with E-state index in [1.165, 1.54) is 0 Å². The Kier molecular flexibility index (Phi) is 5.41. The van der Waals surface area contributed by atoms with Crippen LogP contribution in [0.5, 0.6) is 0 Å². The number of aliphatic hydroxyl groups is 1. The first-order chi connectivity index (χ1) is 5.42. The molecule has 0 aromatic rings. The monoisotopic (exact) mass is 174 g/mol. The fraction of sp³-hybridized carbons (Fsp3) is 1.00. The number of hydrogen-bond acceptors (Lipinski definition) is 3. The van der Waals surface area contributed by atoms with Crippen molar-refractivity contribution in [3.8, 4) is 0 Å². The zero-order valence-electron chi connectivity index (χ0n) is 8.46. The zero-order valence-corrected chi connectivity index (χ0v) is 8.46. The lowest BCUT2D eigenvalue weighted by atomic mass is 10.1. The van der Waals surface area contributed by atoms with Crippen LogP contribution in [0.4, 0.5) is 0 Å². The number of nitrogens with one attached hydrogen (secondary N) is 1. The molecule has 4 heteroatoms. The van der Waals surface area contributed by atoms with E-state index in [0.29, 0.717) is 6.54 Å². The summed E-state index contributed by atoms with van der Waals surface area (Å²) in [5, 5.41) is 9.29. The average Bonchev–Trinajstić information content (AvgIpc) is 1.83. The highest BCUT2D eigenvalue weighted by Crippen LogP contribution is 1.95. The first kappa shape index (κ1) is 11.8. The molecule has 0 saturated heterocycles. The van der Waals surface area contributed by atoms with E-state index in [-0.39, 0.29) is 0 Å². The summed E-state index contributed by atoms with van der Waals surface area (Å²) >= 11 is 0. The van der Waals surface area contributed by atoms with Crippen LogP contribution in [0.1, 0.15) is 13.8 Å². The van der Waals surface area contributed by atoms with Gasteiger partial charge in [-0.05, 0) is 27.9 Å². The molecule has 1 radical (unpaired) electrons. The van der Waals surface area contributed by atoms with Gasteiger partial charge in [-0.25, -0.2) is 5.43 Å². The molecule has 0 bridgehead atoms. The summed E-state index contributed by atoms with van der Waals surface area (Å²) < 4.78 is 0. The van der Waals surface area contributed by atoms with E-state index in [1.54, 1.807) is 13.8 Å². The second kappa shape index (κ2) is 5.48. The highest BCUT2D eigenvalue weighted by atomic mass is 16.3. The van der Waals surface area contributed by atoms with Crippen LogP contribution in [-0.4, -0.2) is 49.3 Å². The molecule has 0 aromatic heterocycles. The van der Waals surface area contributed by atoms with E-state index in [2.05, 4.69) is 15.8 Å². The Labute approximate surface area is 74.9 Å². The molecule has 0 atom stereocenters. The summed E-state index contributed by atoms with van der Waals surface area (Å²) in [7, 11) is 4.01. The highest BCUT2D eigenvalue weighted by molar-refractivity contribution is 4.66. The largest absolute Gasteiger partial charge is 0.389 e. The van der Waals surface area contributed by atoms with Crippen LogP contribution in [0.2, 0.25) is 0 Å². The van der Waals surface area contributed by atoms with Crippen molar-refractivity contribution in [2.75, 3.05) is 33.7 Å². The molecule has 0 heterocycles. The highest BCUT2D eigenvalue weighted by Gasteiger charge is 2.10. The molecule has 0 rings (SSSR count). The molecule has 4 nitrogen and oxygen atoms in total. The van der Waals surface area contributed by atoms with Crippen LogP contribution in [-0.2, 0) is 0 Å². The molecule has 0 aliphatic heterocycles. The van der Waals surface area contributed by atoms with Crippen molar-refractivity contribution in [3.63, 3.8) is 0 Å². The van der Waals surface area contributed by atoms with E-state index < -0.39 is 5.60 Å². The maximum Gasteiger partial charge on any atom is 0.0730 e. The van der Waals surface area contributed by atoms with Gasteiger partial charge in [-0.3, -0.25) is 0 Å². The van der Waals surface area contributed by atoms with Crippen molar-refractivity contribution in [1.82, 2.24) is 15.8 Å². The van der Waals surface area contributed by atoms with Gasteiger partial charge in [0.1, 0.15) is 0 Å². The average molecular weight is 174 g/mol. The number of likely N-dealkylation sites (N-methyl/N-ethyl adjacent to an activating group) is 1. The van der Waals surface area contributed by atoms with E-state index >= 15 is 0 Å². The van der Waals surface area contributed by atoms with Gasteiger partial charge in [0, 0.05) is 19.6 Å². The van der Waals surface area contributed by atoms with E-state index in [4.69, 9.17) is 0 Å². The Hall–Kier alpha value is -0.160. The van der Waals surface area contributed by atoms with Crippen LogP contribution >= 0.6 is 0 Å². The van der Waals surface area contributed by atoms with Crippen LogP contribution < -0.4 is 10.9 Å². The maximum absolute atomic E-state index is 9.29. The summed E-state index contributed by atoms with van der Waals surface area (Å²) in [6.07, 6.45) is 0. The molecule has 12 heavy (non-hydrogen) atoms. The van der Waals surface area contributed by atoms with Gasteiger partial charge in [0.2, 0.25) is 0 Å². The molecular weight excluding hydrogens is 154 g/mol. The lowest BCUT2D eigenvalue weighted by Gasteiger charge is -2.17. The van der Waals surface area contributed by atoms with Crippen molar-refractivity contribution in [2.24, 2.45) is 0 Å². The lowest BCUT2D eigenvalue weighted by Crippen LogP contribution is -2.40. The lowest BCUT2D eigenvalue weighted by molar-refractivity contribution is 0.0750. The maximum atomic E-state index is 9.29. The van der Waals surface area contributed by atoms with Crippen LogP contribution in [0.3, 0.4) is 0 Å². The molecule has 0 saturated carbocycles. The van der Waals surface area contributed by atoms with Gasteiger partial charge < -0.3 is 10.0 Å². The predicted molar refractivity (Wildman–Crippen MR) is 49.9 cm³/mol. The van der Waals surface area contributed by atoms with E-state index in [0.717, 1.165) is 13.1 Å². The molecule has 0 aliphatic rings. The van der Waals surface area contributed by atoms with Gasteiger partial charge in [0.25, 0.3) is 0 Å². The van der Waals surface area contributed by atoms with Crippen molar-refractivity contribution in [3.05, 3.63) is 0 Å². The molecule has 2 N–H and O–H groups in total. The third-order valence-corrected chi connectivity index (χ3v) is 1.28. The van der Waals surface area contributed by atoms with Crippen LogP contribution in [0.15, 0.2) is 0 Å². The van der Waals surface area contributed by atoms with Crippen LogP contribution in [0.25, 0.3) is 0 Å². The fourth-order valence-electron chi connectivity index (χ4n) is 0.578. The van der Waals surface area contributed by atoms with Crippen molar-refractivity contribution < 1.29 is 5.11 Å². The fourth-order valence-corrected chi connectivity index (χ4v) is 0.578. The first-order valence-corrected chi connectivity index (χ1v) is 4.18. The minimum absolute atomic E-state index is 0.500. The molecule has 0 aromatic carbocycles. The van der Waals surface area contributed by atoms with Gasteiger partial charge in [-0.15, -0.1) is 0 Å². The van der Waals surface area contributed by atoms with Crippen molar-refractivity contribution >= 4 is 0 Å². The van der Waals surface area contributed by atoms with Gasteiger partial charge >= 0.3 is 0 Å². The van der Waals surface area contributed by atoms with Gasteiger partial charge in [-0.1, -0.05) is 0 Å². The zero-order chi connectivity index (χ0) is 9.61. The SMILES string of the molecule is CN(C)CC[N]NCC(C)(C)O. The summed E-state index contributed by atoms with van der Waals surface area (Å²) in [4.78, 5) is 2.06. The Morgan fingerprint density at radius 2 is 2.00 bits per heavy atom. The topological polar surface area (TPSA) is 49.6 Å². The second-order valence-electron chi connectivity index (χ2n) is 3.83. The van der Waals surface area contributed by atoms with Gasteiger partial charge in [0.05, 0.1) is 5.60 Å². The summed E-state index contributed by atoms with van der Waals surface area (Å²) in [5.74, 6) is 0. The minimum Gasteiger partial charge on any atom is -0.389 e. The molecule has 0 unspecified atom stereocenters. The Morgan fingerprint density at radius 3 is 2.42 bits per heavy atom. The molecule has 0 aliphatic carbocycles. The minimum atomic E-state index is -0.679. The molecule has 73 valence electrons.